The quantitative estimate of drug-likeness (QED) is 0.666. The zero-order chi connectivity index (χ0) is 12.1. The van der Waals surface area contributed by atoms with Crippen LogP contribution in [0.5, 0.6) is 0 Å². The molecule has 98 valence electrons. The van der Waals surface area contributed by atoms with E-state index in [1.54, 1.807) is 0 Å². The maximum absolute atomic E-state index is 11.8. The first kappa shape index (κ1) is 12.8. The Hall–Kier alpha value is -0.610. The Morgan fingerprint density at radius 3 is 2.59 bits per heavy atom. The highest BCUT2D eigenvalue weighted by Gasteiger charge is 2.37. The summed E-state index contributed by atoms with van der Waals surface area (Å²) in [5.41, 5.74) is -0.273. The first-order chi connectivity index (χ1) is 8.24. The predicted molar refractivity (Wildman–Crippen MR) is 66.6 cm³/mol. The summed E-state index contributed by atoms with van der Waals surface area (Å²) in [6.07, 6.45) is 6.98. The maximum Gasteiger partial charge on any atom is 0.220 e. The third-order valence-corrected chi connectivity index (χ3v) is 4.26. The van der Waals surface area contributed by atoms with Gasteiger partial charge in [-0.25, -0.2) is 0 Å². The first-order valence-corrected chi connectivity index (χ1v) is 6.87. The topological polar surface area (TPSA) is 61.4 Å². The smallest absolute Gasteiger partial charge is 0.220 e. The van der Waals surface area contributed by atoms with Crippen LogP contribution in [0.2, 0.25) is 0 Å². The van der Waals surface area contributed by atoms with Crippen LogP contribution in [0.15, 0.2) is 0 Å². The highest BCUT2D eigenvalue weighted by molar-refractivity contribution is 5.77. The number of aliphatic hydroxyl groups excluding tert-OH is 1. The molecule has 1 heterocycles. The summed E-state index contributed by atoms with van der Waals surface area (Å²) in [6, 6.07) is 0. The van der Waals surface area contributed by atoms with E-state index >= 15 is 0 Å². The van der Waals surface area contributed by atoms with E-state index in [9.17, 15) is 9.90 Å². The molecule has 1 saturated carbocycles. The fraction of sp³-hybridized carbons (Fsp3) is 0.923. The molecule has 17 heavy (non-hydrogen) atoms. The monoisotopic (exact) mass is 240 g/mol. The highest BCUT2D eigenvalue weighted by Crippen LogP contribution is 2.31. The summed E-state index contributed by atoms with van der Waals surface area (Å²) in [5, 5.41) is 15.6. The van der Waals surface area contributed by atoms with Gasteiger partial charge in [0.15, 0.2) is 0 Å². The van der Waals surface area contributed by atoms with E-state index in [4.69, 9.17) is 0 Å². The third kappa shape index (κ3) is 3.42. The predicted octanol–water partition coefficient (Wildman–Crippen LogP) is 0.797. The molecule has 0 aromatic carbocycles. The van der Waals surface area contributed by atoms with Gasteiger partial charge in [0.1, 0.15) is 0 Å². The average Bonchev–Trinajstić information content (AvgIpc) is 2.33. The largest absolute Gasteiger partial charge is 0.394 e. The zero-order valence-corrected chi connectivity index (χ0v) is 10.5. The maximum atomic E-state index is 11.8. The second-order valence-corrected chi connectivity index (χ2v) is 5.57. The molecule has 3 N–H and O–H groups in total. The first-order valence-electron chi connectivity index (χ1n) is 6.87. The van der Waals surface area contributed by atoms with Gasteiger partial charge in [0.25, 0.3) is 0 Å². The Balaban J connectivity index is 1.66. The van der Waals surface area contributed by atoms with Gasteiger partial charge in [-0.2, -0.15) is 0 Å². The Morgan fingerprint density at radius 1 is 1.35 bits per heavy atom. The lowest BCUT2D eigenvalue weighted by molar-refractivity contribution is -0.125. The van der Waals surface area contributed by atoms with Crippen molar-refractivity contribution in [2.75, 3.05) is 19.7 Å². The lowest BCUT2D eigenvalue weighted by atomic mass is 9.77. The molecule has 0 spiro atoms. The summed E-state index contributed by atoms with van der Waals surface area (Å²) >= 11 is 0. The van der Waals surface area contributed by atoms with Crippen molar-refractivity contribution in [3.8, 4) is 0 Å². The minimum atomic E-state index is -0.273. The van der Waals surface area contributed by atoms with Crippen molar-refractivity contribution in [1.82, 2.24) is 10.6 Å². The number of aliphatic hydroxyl groups is 1. The summed E-state index contributed by atoms with van der Waals surface area (Å²) < 4.78 is 0. The van der Waals surface area contributed by atoms with E-state index < -0.39 is 0 Å². The highest BCUT2D eigenvalue weighted by atomic mass is 16.3. The van der Waals surface area contributed by atoms with Crippen molar-refractivity contribution in [1.29, 1.82) is 0 Å². The van der Waals surface area contributed by atoms with Gasteiger partial charge in [-0.1, -0.05) is 0 Å². The van der Waals surface area contributed by atoms with Crippen LogP contribution in [0, 0.1) is 5.92 Å². The van der Waals surface area contributed by atoms with Crippen LogP contribution < -0.4 is 10.6 Å². The standard InChI is InChI=1S/C13H24N2O2/c16-10-13(6-1-7-13)15-12(17)3-2-11-4-8-14-9-5-11/h11,14,16H,1-10H2,(H,15,17). The molecule has 2 fully saturated rings. The lowest BCUT2D eigenvalue weighted by Crippen LogP contribution is -2.56. The Morgan fingerprint density at radius 2 is 2.06 bits per heavy atom. The van der Waals surface area contributed by atoms with Gasteiger partial charge in [-0.3, -0.25) is 4.79 Å². The normalized spacial score (nSPS) is 24.1. The van der Waals surface area contributed by atoms with Crippen molar-refractivity contribution >= 4 is 5.91 Å². The molecule has 0 aromatic heterocycles. The molecular weight excluding hydrogens is 216 g/mol. The summed E-state index contributed by atoms with van der Waals surface area (Å²) in [7, 11) is 0. The van der Waals surface area contributed by atoms with Crippen LogP contribution in [0.4, 0.5) is 0 Å². The Kier molecular flexibility index (Phi) is 4.40. The van der Waals surface area contributed by atoms with Gasteiger partial charge in [0.2, 0.25) is 5.91 Å². The zero-order valence-electron chi connectivity index (χ0n) is 10.5. The van der Waals surface area contributed by atoms with Crippen LogP contribution in [0.1, 0.15) is 44.9 Å². The molecule has 2 rings (SSSR count). The van der Waals surface area contributed by atoms with Crippen molar-refractivity contribution in [3.05, 3.63) is 0 Å². The number of hydrogen-bond acceptors (Lipinski definition) is 3. The van der Waals surface area contributed by atoms with Crippen LogP contribution >= 0.6 is 0 Å². The molecule has 1 aliphatic carbocycles. The van der Waals surface area contributed by atoms with E-state index in [1.165, 1.54) is 12.8 Å². The number of hydrogen-bond donors (Lipinski definition) is 3. The summed E-state index contributed by atoms with van der Waals surface area (Å²) in [5.74, 6) is 0.825. The summed E-state index contributed by atoms with van der Waals surface area (Å²) in [4.78, 5) is 11.8. The van der Waals surface area contributed by atoms with Gasteiger partial charge < -0.3 is 15.7 Å². The fourth-order valence-electron chi connectivity index (χ4n) is 2.79. The minimum absolute atomic E-state index is 0.0894. The van der Waals surface area contributed by atoms with Crippen LogP contribution in [0.25, 0.3) is 0 Å². The molecule has 2 aliphatic rings. The molecule has 0 atom stereocenters. The van der Waals surface area contributed by atoms with E-state index in [0.29, 0.717) is 12.3 Å². The molecule has 4 nitrogen and oxygen atoms in total. The molecular formula is C13H24N2O2. The van der Waals surface area contributed by atoms with Crippen molar-refractivity contribution in [2.24, 2.45) is 5.92 Å². The second-order valence-electron chi connectivity index (χ2n) is 5.57. The minimum Gasteiger partial charge on any atom is -0.394 e. The Labute approximate surface area is 103 Å². The summed E-state index contributed by atoms with van der Waals surface area (Å²) in [6.45, 7) is 2.27. The van der Waals surface area contributed by atoms with Gasteiger partial charge in [0, 0.05) is 6.42 Å². The number of rotatable bonds is 5. The molecule has 1 amide bonds. The lowest BCUT2D eigenvalue weighted by Gasteiger charge is -2.41. The van der Waals surface area contributed by atoms with Crippen molar-refractivity contribution < 1.29 is 9.90 Å². The number of carbonyl (C=O) groups is 1. The van der Waals surface area contributed by atoms with Gasteiger partial charge in [-0.15, -0.1) is 0 Å². The van der Waals surface area contributed by atoms with Crippen LogP contribution in [-0.4, -0.2) is 36.2 Å². The number of carbonyl (C=O) groups excluding carboxylic acids is 1. The van der Waals surface area contributed by atoms with E-state index in [-0.39, 0.29) is 18.1 Å². The molecule has 0 bridgehead atoms. The van der Waals surface area contributed by atoms with Crippen LogP contribution in [-0.2, 0) is 4.79 Å². The number of piperidine rings is 1. The van der Waals surface area contributed by atoms with Crippen molar-refractivity contribution in [3.63, 3.8) is 0 Å². The van der Waals surface area contributed by atoms with E-state index in [1.807, 2.05) is 0 Å². The van der Waals surface area contributed by atoms with Gasteiger partial charge >= 0.3 is 0 Å². The van der Waals surface area contributed by atoms with Crippen LogP contribution in [0.3, 0.4) is 0 Å². The van der Waals surface area contributed by atoms with Crippen molar-refractivity contribution in [2.45, 2.75) is 50.5 Å². The molecule has 1 aliphatic heterocycles. The number of amides is 1. The molecule has 0 unspecified atom stereocenters. The van der Waals surface area contributed by atoms with Gasteiger partial charge in [-0.05, 0) is 57.5 Å². The molecule has 0 aromatic rings. The Bertz CT molecular complexity index is 253. The number of nitrogens with one attached hydrogen (secondary N) is 2. The second kappa shape index (κ2) is 5.83. The molecule has 0 radical (unpaired) electrons. The SMILES string of the molecule is O=C(CCC1CCNCC1)NC1(CO)CCC1. The third-order valence-electron chi connectivity index (χ3n) is 4.26. The average molecular weight is 240 g/mol. The van der Waals surface area contributed by atoms with E-state index in [2.05, 4.69) is 10.6 Å². The van der Waals surface area contributed by atoms with Gasteiger partial charge in [0.05, 0.1) is 12.1 Å². The van der Waals surface area contributed by atoms with E-state index in [0.717, 1.165) is 38.8 Å². The molecule has 1 saturated heterocycles. The molecule has 4 heteroatoms. The fourth-order valence-corrected chi connectivity index (χ4v) is 2.79.